The van der Waals surface area contributed by atoms with E-state index in [0.717, 1.165) is 192 Å². The normalized spacial score (nSPS) is 13.2. The summed E-state index contributed by atoms with van der Waals surface area (Å²) in [5, 5.41) is 40.3. The van der Waals surface area contributed by atoms with E-state index in [0.29, 0.717) is 58.5 Å². The van der Waals surface area contributed by atoms with Crippen molar-refractivity contribution in [2.45, 2.75) is 407 Å². The molecule has 15 heteroatoms. The Bertz CT molecular complexity index is 1550. The highest BCUT2D eigenvalue weighted by molar-refractivity contribution is 8.76. The van der Waals surface area contributed by atoms with Crippen LogP contribution in [0.2, 0.25) is 0 Å². The molecule has 94 heavy (non-hydrogen) atoms. The van der Waals surface area contributed by atoms with Crippen molar-refractivity contribution >= 4 is 39.4 Å². The lowest BCUT2D eigenvalue weighted by Gasteiger charge is -2.29. The molecule has 0 spiro atoms. The molecule has 1 amide bonds. The monoisotopic (exact) mass is 1370 g/mol. The molecule has 0 bridgehead atoms. The number of hydrogen-bond donors (Lipinski definition) is 5. The molecule has 0 aliphatic carbocycles. The van der Waals surface area contributed by atoms with Crippen molar-refractivity contribution in [3.05, 3.63) is 0 Å². The first-order valence-electron chi connectivity index (χ1n) is 40.8. The molecule has 0 aromatic heterocycles. The molecule has 4 atom stereocenters. The van der Waals surface area contributed by atoms with Crippen LogP contribution in [0.25, 0.3) is 0 Å². The van der Waals surface area contributed by atoms with Gasteiger partial charge in [0.2, 0.25) is 5.91 Å². The predicted molar refractivity (Wildman–Crippen MR) is 408 cm³/mol. The van der Waals surface area contributed by atoms with E-state index in [1.807, 2.05) is 21.6 Å². The van der Waals surface area contributed by atoms with Gasteiger partial charge in [0.15, 0.2) is 0 Å². The molecule has 0 aliphatic heterocycles. The number of unbranched alkanes of at least 4 members (excludes halogenated alkanes) is 35. The zero-order valence-electron chi connectivity index (χ0n) is 63.2. The molecule has 0 radical (unpaired) electrons. The average Bonchev–Trinajstić information content (AvgIpc) is 2.59. The van der Waals surface area contributed by atoms with Gasteiger partial charge in [0.05, 0.1) is 24.9 Å². The minimum Gasteiger partial charge on any atom is -0.466 e. The van der Waals surface area contributed by atoms with Gasteiger partial charge < -0.3 is 39.9 Å². The van der Waals surface area contributed by atoms with Gasteiger partial charge >= 0.3 is 11.9 Å². The van der Waals surface area contributed by atoms with Crippen LogP contribution in [0, 0.1) is 0 Å². The Morgan fingerprint density at radius 1 is 0.372 bits per heavy atom. The molecule has 0 heterocycles. The summed E-state index contributed by atoms with van der Waals surface area (Å²) in [6.45, 7) is 23.9. The van der Waals surface area contributed by atoms with Crippen molar-refractivity contribution in [1.82, 2.24) is 25.3 Å². The standard InChI is InChI=1S/C79H159N5O8S2/c1-8-15-20-25-30-31-32-40-51-67-91-77(88)57-47-41-49-63-83(62-48-39-33-38-46-58-78(89)92-74(55-44-36-28-23-18-11-4)56-45-37-29-24-19-12-5)64-50-52-68-93-94-69-60-75(79(90)80-61-66-82(13-6)14-7)81-76(87)59-65-84(70-72(85)53-42-34-26-21-16-9-2)71-73(86)54-43-35-27-22-17-10-3/h72-76,81,85-87H,8-71H2,1-7H3,(H,80,90). The fourth-order valence-electron chi connectivity index (χ4n) is 12.8. The summed E-state index contributed by atoms with van der Waals surface area (Å²) in [5.74, 6) is 1.68. The van der Waals surface area contributed by atoms with E-state index in [1.54, 1.807) is 0 Å². The van der Waals surface area contributed by atoms with Crippen molar-refractivity contribution in [2.24, 2.45) is 0 Å². The lowest BCUT2D eigenvalue weighted by atomic mass is 10.0. The number of likely N-dealkylation sites (N-methyl/N-ethyl adjacent to an activating group) is 1. The zero-order valence-corrected chi connectivity index (χ0v) is 64.8. The lowest BCUT2D eigenvalue weighted by Crippen LogP contribution is -2.50. The maximum atomic E-state index is 13.8. The first kappa shape index (κ1) is 92.8. The van der Waals surface area contributed by atoms with Crippen LogP contribution in [0.1, 0.15) is 376 Å². The topological polar surface area (TPSA) is 164 Å². The fourth-order valence-corrected chi connectivity index (χ4v) is 15.0. The smallest absolute Gasteiger partial charge is 0.306 e. The first-order chi connectivity index (χ1) is 46.0. The summed E-state index contributed by atoms with van der Waals surface area (Å²) in [5.41, 5.74) is 0. The highest BCUT2D eigenvalue weighted by Gasteiger charge is 2.24. The zero-order chi connectivity index (χ0) is 68.8. The molecule has 0 aromatic carbocycles. The molecular weight excluding hydrogens is 1210 g/mol. The number of carbonyl (C=O) groups excluding carboxylic acids is 3. The molecule has 4 unspecified atom stereocenters. The quantitative estimate of drug-likeness (QED) is 0.0169. The molecule has 0 aromatic rings. The molecule has 13 nitrogen and oxygen atoms in total. The van der Waals surface area contributed by atoms with Crippen molar-refractivity contribution < 1.29 is 39.2 Å². The number of ether oxygens (including phenoxy) is 2. The largest absolute Gasteiger partial charge is 0.466 e. The van der Waals surface area contributed by atoms with Crippen LogP contribution in [-0.4, -0.2) is 162 Å². The van der Waals surface area contributed by atoms with Crippen molar-refractivity contribution in [2.75, 3.05) is 83.6 Å². The molecule has 0 aliphatic rings. The predicted octanol–water partition coefficient (Wildman–Crippen LogP) is 19.9. The van der Waals surface area contributed by atoms with Crippen LogP contribution in [-0.2, 0) is 23.9 Å². The second-order valence-electron chi connectivity index (χ2n) is 28.1. The van der Waals surface area contributed by atoms with Gasteiger partial charge in [-0.3, -0.25) is 24.6 Å². The number of amides is 1. The summed E-state index contributed by atoms with van der Waals surface area (Å²) in [6, 6.07) is -0.540. The number of rotatable bonds is 77. The molecule has 0 rings (SSSR count). The van der Waals surface area contributed by atoms with Crippen LogP contribution < -0.4 is 10.6 Å². The SMILES string of the molecule is CCCCCCCCCCCOC(=O)CCCCCN(CCCCCCCC(=O)OC(CCCCCCCC)CCCCCCCC)CCCCSSCCC(NC(O)CCN(CC(O)CCCCCCCC)CC(O)CCCCCCCC)C(=O)NCCN(CC)CC. The van der Waals surface area contributed by atoms with Gasteiger partial charge in [0.25, 0.3) is 0 Å². The van der Waals surface area contributed by atoms with Gasteiger partial charge in [-0.15, -0.1) is 0 Å². The minimum atomic E-state index is -0.906. The van der Waals surface area contributed by atoms with E-state index in [2.05, 4.69) is 73.8 Å². The number of carbonyl (C=O) groups is 3. The highest BCUT2D eigenvalue weighted by Crippen LogP contribution is 2.25. The first-order valence-corrected chi connectivity index (χ1v) is 43.3. The number of aliphatic hydroxyl groups excluding tert-OH is 3. The summed E-state index contributed by atoms with van der Waals surface area (Å²) in [7, 11) is 3.69. The molecule has 5 N–H and O–H groups in total. The van der Waals surface area contributed by atoms with Crippen molar-refractivity contribution in [3.8, 4) is 0 Å². The van der Waals surface area contributed by atoms with E-state index < -0.39 is 24.5 Å². The molecule has 560 valence electrons. The van der Waals surface area contributed by atoms with Gasteiger partial charge in [-0.25, -0.2) is 0 Å². The van der Waals surface area contributed by atoms with Crippen LogP contribution >= 0.6 is 21.6 Å². The summed E-state index contributed by atoms with van der Waals surface area (Å²) in [6.07, 6.45) is 54.9. The van der Waals surface area contributed by atoms with Crippen molar-refractivity contribution in [1.29, 1.82) is 0 Å². The second kappa shape index (κ2) is 73.1. The molecule has 0 saturated carbocycles. The second-order valence-corrected chi connectivity index (χ2v) is 30.8. The summed E-state index contributed by atoms with van der Waals surface area (Å²) >= 11 is 0. The van der Waals surface area contributed by atoms with Gasteiger partial charge in [0, 0.05) is 57.1 Å². The Hall–Kier alpha value is -1.17. The number of esters is 2. The summed E-state index contributed by atoms with van der Waals surface area (Å²) < 4.78 is 11.8. The maximum Gasteiger partial charge on any atom is 0.306 e. The van der Waals surface area contributed by atoms with Gasteiger partial charge in [0.1, 0.15) is 12.3 Å². The number of aliphatic hydroxyl groups is 3. The Morgan fingerprint density at radius 2 is 0.766 bits per heavy atom. The van der Waals surface area contributed by atoms with E-state index >= 15 is 0 Å². The summed E-state index contributed by atoms with van der Waals surface area (Å²) in [4.78, 5) is 46.6. The Balaban J connectivity index is 5.48. The van der Waals surface area contributed by atoms with Crippen LogP contribution in [0.15, 0.2) is 0 Å². The van der Waals surface area contributed by atoms with Crippen LogP contribution in [0.3, 0.4) is 0 Å². The molecule has 0 fully saturated rings. The Kier molecular flexibility index (Phi) is 72.2. The van der Waals surface area contributed by atoms with Crippen LogP contribution in [0.5, 0.6) is 0 Å². The Labute approximate surface area is 590 Å². The number of nitrogens with one attached hydrogen (secondary N) is 2. The van der Waals surface area contributed by atoms with Gasteiger partial charge in [-0.1, -0.05) is 288 Å². The molecule has 0 saturated heterocycles. The van der Waals surface area contributed by atoms with E-state index in [1.165, 1.54) is 161 Å². The van der Waals surface area contributed by atoms with Gasteiger partial charge in [-0.05, 0) is 129 Å². The minimum absolute atomic E-state index is 0.00446. The third kappa shape index (κ3) is 64.2. The number of hydrogen-bond acceptors (Lipinski definition) is 14. The third-order valence-electron chi connectivity index (χ3n) is 19.1. The van der Waals surface area contributed by atoms with E-state index in [-0.39, 0.29) is 23.9 Å². The highest BCUT2D eigenvalue weighted by atomic mass is 33.1. The van der Waals surface area contributed by atoms with Crippen molar-refractivity contribution in [3.63, 3.8) is 0 Å². The fraction of sp³-hybridized carbons (Fsp3) is 0.962. The Morgan fingerprint density at radius 3 is 1.24 bits per heavy atom. The number of nitrogens with zero attached hydrogens (tertiary/aromatic N) is 3. The van der Waals surface area contributed by atoms with E-state index in [4.69, 9.17) is 9.47 Å². The average molecular weight is 1370 g/mol. The van der Waals surface area contributed by atoms with Gasteiger partial charge in [-0.2, -0.15) is 0 Å². The molecular formula is C79H159N5O8S2. The van der Waals surface area contributed by atoms with Crippen LogP contribution in [0.4, 0.5) is 0 Å². The maximum absolute atomic E-state index is 13.8. The van der Waals surface area contributed by atoms with E-state index in [9.17, 15) is 29.7 Å². The lowest BCUT2D eigenvalue weighted by molar-refractivity contribution is -0.150. The third-order valence-corrected chi connectivity index (χ3v) is 21.6.